The Bertz CT molecular complexity index is 754. The fourth-order valence-corrected chi connectivity index (χ4v) is 3.02. The zero-order valence-corrected chi connectivity index (χ0v) is 15.4. The quantitative estimate of drug-likeness (QED) is 0.842. The summed E-state index contributed by atoms with van der Waals surface area (Å²) in [5, 5.41) is 0. The summed E-state index contributed by atoms with van der Waals surface area (Å²) >= 11 is 0. The number of piperidine rings is 1. The number of aromatic nitrogens is 2. The predicted molar refractivity (Wildman–Crippen MR) is 96.7 cm³/mol. The van der Waals surface area contributed by atoms with Crippen LogP contribution in [0.25, 0.3) is 0 Å². The van der Waals surface area contributed by atoms with Crippen molar-refractivity contribution < 1.29 is 13.9 Å². The number of likely N-dealkylation sites (tertiary alicyclic amines) is 1. The molecule has 1 aromatic heterocycles. The van der Waals surface area contributed by atoms with E-state index in [4.69, 9.17) is 4.74 Å². The van der Waals surface area contributed by atoms with Gasteiger partial charge >= 0.3 is 6.01 Å². The molecule has 5 nitrogen and oxygen atoms in total. The first-order valence-corrected chi connectivity index (χ1v) is 8.87. The Kier molecular flexibility index (Phi) is 5.20. The van der Waals surface area contributed by atoms with Gasteiger partial charge in [-0.05, 0) is 36.0 Å². The molecular weight excluding hydrogens is 333 g/mol. The van der Waals surface area contributed by atoms with Crippen molar-refractivity contribution in [3.63, 3.8) is 0 Å². The SMILES string of the molecule is CC(C)(C)c1ccc(C(=O)N2CCC[C@H](Oc3ncc(F)cn3)C2)cc1. The summed E-state index contributed by atoms with van der Waals surface area (Å²) in [4.78, 5) is 22.2. The van der Waals surface area contributed by atoms with Crippen molar-refractivity contribution in [2.24, 2.45) is 0 Å². The Balaban J connectivity index is 1.65. The average molecular weight is 357 g/mol. The monoisotopic (exact) mass is 357 g/mol. The highest BCUT2D eigenvalue weighted by atomic mass is 19.1. The van der Waals surface area contributed by atoms with Crippen molar-refractivity contribution in [1.82, 2.24) is 14.9 Å². The number of nitrogens with zero attached hydrogens (tertiary/aromatic N) is 3. The summed E-state index contributed by atoms with van der Waals surface area (Å²) in [5.74, 6) is -0.504. The van der Waals surface area contributed by atoms with Gasteiger partial charge in [0, 0.05) is 12.1 Å². The number of benzene rings is 1. The Morgan fingerprint density at radius 2 is 1.85 bits per heavy atom. The molecule has 1 atom stereocenters. The van der Waals surface area contributed by atoms with Gasteiger partial charge in [-0.25, -0.2) is 14.4 Å². The summed E-state index contributed by atoms with van der Waals surface area (Å²) in [7, 11) is 0. The lowest BCUT2D eigenvalue weighted by atomic mass is 9.86. The summed E-state index contributed by atoms with van der Waals surface area (Å²) < 4.78 is 18.6. The first kappa shape index (κ1) is 18.3. The maximum Gasteiger partial charge on any atom is 0.316 e. The highest BCUT2D eigenvalue weighted by molar-refractivity contribution is 5.94. The van der Waals surface area contributed by atoms with Crippen molar-refractivity contribution in [2.45, 2.75) is 45.1 Å². The minimum absolute atomic E-state index is 0.00113. The van der Waals surface area contributed by atoms with Crippen LogP contribution in [-0.2, 0) is 5.41 Å². The molecule has 1 amide bonds. The molecule has 3 rings (SSSR count). The van der Waals surface area contributed by atoms with Crippen LogP contribution in [0.5, 0.6) is 6.01 Å². The molecule has 26 heavy (non-hydrogen) atoms. The van der Waals surface area contributed by atoms with Crippen LogP contribution in [0.1, 0.15) is 49.5 Å². The summed E-state index contributed by atoms with van der Waals surface area (Å²) in [6.07, 6.45) is 3.62. The van der Waals surface area contributed by atoms with Crippen LogP contribution in [0.3, 0.4) is 0 Å². The first-order valence-electron chi connectivity index (χ1n) is 8.87. The number of hydrogen-bond acceptors (Lipinski definition) is 4. The third-order valence-electron chi connectivity index (χ3n) is 4.53. The molecular formula is C20H24FN3O2. The van der Waals surface area contributed by atoms with E-state index in [2.05, 4.69) is 30.7 Å². The lowest BCUT2D eigenvalue weighted by Crippen LogP contribution is -2.44. The van der Waals surface area contributed by atoms with Crippen LogP contribution in [0.2, 0.25) is 0 Å². The maximum absolute atomic E-state index is 12.9. The summed E-state index contributed by atoms with van der Waals surface area (Å²) in [5.41, 5.74) is 1.93. The standard InChI is InChI=1S/C20H24FN3O2/c1-20(2,3)15-8-6-14(7-9-15)18(25)24-10-4-5-17(13-24)26-19-22-11-16(21)12-23-19/h6-9,11-12,17H,4-5,10,13H2,1-3H3/t17-/m0/s1. The molecule has 1 aromatic carbocycles. The molecule has 1 saturated heterocycles. The fraction of sp³-hybridized carbons (Fsp3) is 0.450. The van der Waals surface area contributed by atoms with E-state index in [0.29, 0.717) is 18.7 Å². The topological polar surface area (TPSA) is 55.3 Å². The van der Waals surface area contributed by atoms with Crippen LogP contribution in [0.4, 0.5) is 4.39 Å². The first-order chi connectivity index (χ1) is 12.3. The molecule has 6 heteroatoms. The Morgan fingerprint density at radius 3 is 2.46 bits per heavy atom. The van der Waals surface area contributed by atoms with Crippen LogP contribution < -0.4 is 4.74 Å². The Hall–Kier alpha value is -2.50. The number of rotatable bonds is 3. The number of carbonyl (C=O) groups excluding carboxylic acids is 1. The fourth-order valence-electron chi connectivity index (χ4n) is 3.02. The van der Waals surface area contributed by atoms with Crippen molar-refractivity contribution in [1.29, 1.82) is 0 Å². The molecule has 0 aliphatic carbocycles. The molecule has 0 N–H and O–H groups in total. The highest BCUT2D eigenvalue weighted by Gasteiger charge is 2.26. The number of carbonyl (C=O) groups is 1. The molecule has 0 spiro atoms. The molecule has 1 aliphatic heterocycles. The third kappa shape index (κ3) is 4.36. The molecule has 2 aromatic rings. The Labute approximate surface area is 153 Å². The van der Waals surface area contributed by atoms with Gasteiger partial charge in [0.25, 0.3) is 5.91 Å². The van der Waals surface area contributed by atoms with Gasteiger partial charge < -0.3 is 9.64 Å². The van der Waals surface area contributed by atoms with Crippen molar-refractivity contribution in [2.75, 3.05) is 13.1 Å². The van der Waals surface area contributed by atoms with E-state index in [-0.39, 0.29) is 23.4 Å². The predicted octanol–water partition coefficient (Wildman–Crippen LogP) is 3.60. The summed E-state index contributed by atoms with van der Waals surface area (Å²) in [6.45, 7) is 7.61. The smallest absolute Gasteiger partial charge is 0.316 e. The normalized spacial score (nSPS) is 17.8. The molecule has 1 fully saturated rings. The van der Waals surface area contributed by atoms with E-state index in [9.17, 15) is 9.18 Å². The van der Waals surface area contributed by atoms with E-state index >= 15 is 0 Å². The molecule has 2 heterocycles. The van der Waals surface area contributed by atoms with Crippen LogP contribution in [-0.4, -0.2) is 40.0 Å². The van der Waals surface area contributed by atoms with E-state index in [0.717, 1.165) is 25.2 Å². The van der Waals surface area contributed by atoms with Crippen LogP contribution in [0.15, 0.2) is 36.7 Å². The van der Waals surface area contributed by atoms with Crippen molar-refractivity contribution in [3.8, 4) is 6.01 Å². The molecule has 1 aliphatic rings. The van der Waals surface area contributed by atoms with Gasteiger partial charge in [0.05, 0.1) is 18.9 Å². The van der Waals surface area contributed by atoms with E-state index in [1.165, 1.54) is 5.56 Å². The maximum atomic E-state index is 12.9. The molecule has 0 bridgehead atoms. The number of hydrogen-bond donors (Lipinski definition) is 0. The van der Waals surface area contributed by atoms with E-state index in [1.807, 2.05) is 24.3 Å². The second-order valence-corrected chi connectivity index (χ2v) is 7.64. The minimum atomic E-state index is -0.503. The van der Waals surface area contributed by atoms with E-state index < -0.39 is 5.82 Å². The lowest BCUT2D eigenvalue weighted by Gasteiger charge is -2.32. The van der Waals surface area contributed by atoms with Gasteiger partial charge in [-0.2, -0.15) is 0 Å². The van der Waals surface area contributed by atoms with Gasteiger partial charge in [0.1, 0.15) is 6.10 Å². The van der Waals surface area contributed by atoms with Crippen LogP contribution >= 0.6 is 0 Å². The second kappa shape index (κ2) is 7.40. The van der Waals surface area contributed by atoms with Crippen molar-refractivity contribution >= 4 is 5.91 Å². The van der Waals surface area contributed by atoms with Gasteiger partial charge in [0.2, 0.25) is 0 Å². The summed E-state index contributed by atoms with van der Waals surface area (Å²) in [6, 6.07) is 7.93. The minimum Gasteiger partial charge on any atom is -0.458 e. The largest absolute Gasteiger partial charge is 0.458 e. The van der Waals surface area contributed by atoms with Gasteiger partial charge in [0.15, 0.2) is 5.82 Å². The third-order valence-corrected chi connectivity index (χ3v) is 4.53. The Morgan fingerprint density at radius 1 is 1.19 bits per heavy atom. The highest BCUT2D eigenvalue weighted by Crippen LogP contribution is 2.23. The molecule has 0 saturated carbocycles. The lowest BCUT2D eigenvalue weighted by molar-refractivity contribution is 0.0515. The van der Waals surface area contributed by atoms with E-state index in [1.54, 1.807) is 4.90 Å². The molecule has 0 radical (unpaired) electrons. The number of halogens is 1. The van der Waals surface area contributed by atoms with Gasteiger partial charge in [-0.15, -0.1) is 0 Å². The molecule has 138 valence electrons. The second-order valence-electron chi connectivity index (χ2n) is 7.64. The average Bonchev–Trinajstić information content (AvgIpc) is 2.63. The zero-order valence-electron chi connectivity index (χ0n) is 15.4. The number of amides is 1. The zero-order chi connectivity index (χ0) is 18.7. The van der Waals surface area contributed by atoms with Crippen molar-refractivity contribution in [3.05, 3.63) is 53.6 Å². The van der Waals surface area contributed by atoms with Gasteiger partial charge in [-0.1, -0.05) is 32.9 Å². The van der Waals surface area contributed by atoms with Gasteiger partial charge in [-0.3, -0.25) is 4.79 Å². The van der Waals surface area contributed by atoms with Crippen LogP contribution in [0, 0.1) is 5.82 Å². The number of ether oxygens (including phenoxy) is 1. The molecule has 0 unspecified atom stereocenters.